The molecule has 0 spiro atoms. The Morgan fingerprint density at radius 2 is 2.18 bits per heavy atom. The van der Waals surface area contributed by atoms with Crippen molar-refractivity contribution in [2.45, 2.75) is 39.5 Å². The summed E-state index contributed by atoms with van der Waals surface area (Å²) in [6.45, 7) is 6.69. The zero-order chi connectivity index (χ0) is 20.3. The van der Waals surface area contributed by atoms with Gasteiger partial charge in [0.2, 0.25) is 4.77 Å². The second-order valence-electron chi connectivity index (χ2n) is 7.39. The highest BCUT2D eigenvalue weighted by Gasteiger charge is 2.35. The van der Waals surface area contributed by atoms with Gasteiger partial charge in [-0.3, -0.25) is 4.57 Å². The molecule has 0 saturated carbocycles. The highest BCUT2D eigenvalue weighted by molar-refractivity contribution is 7.91. The number of methoxy groups -OCH3 is 1. The molecule has 1 unspecified atom stereocenters. The number of hydrogen-bond donors (Lipinski definition) is 1. The van der Waals surface area contributed by atoms with Crippen LogP contribution in [0.3, 0.4) is 0 Å². The van der Waals surface area contributed by atoms with Crippen LogP contribution in [0.25, 0.3) is 11.4 Å². The molecule has 1 N–H and O–H groups in total. The first kappa shape index (κ1) is 21.2. The molecule has 9 heteroatoms. The predicted molar refractivity (Wildman–Crippen MR) is 112 cm³/mol. The van der Waals surface area contributed by atoms with Gasteiger partial charge >= 0.3 is 0 Å². The average Bonchev–Trinajstić information content (AvgIpc) is 3.17. The van der Waals surface area contributed by atoms with E-state index in [0.29, 0.717) is 31.0 Å². The molecular formula is C19H29N4O3S2+. The summed E-state index contributed by atoms with van der Waals surface area (Å²) < 4.78 is 33.5. The molecule has 1 aromatic carbocycles. The van der Waals surface area contributed by atoms with Crippen LogP contribution in [0.5, 0.6) is 0 Å². The molecular weight excluding hydrogens is 396 g/mol. The van der Waals surface area contributed by atoms with Gasteiger partial charge in [-0.2, -0.15) is 4.68 Å². The van der Waals surface area contributed by atoms with Crippen molar-refractivity contribution in [2.75, 3.05) is 31.8 Å². The van der Waals surface area contributed by atoms with Crippen LogP contribution in [-0.4, -0.2) is 60.6 Å². The Balaban J connectivity index is 1.93. The highest BCUT2D eigenvalue weighted by atomic mass is 32.2. The van der Waals surface area contributed by atoms with Crippen molar-refractivity contribution in [1.29, 1.82) is 0 Å². The normalized spacial score (nSPS) is 19.8. The van der Waals surface area contributed by atoms with Gasteiger partial charge in [0.05, 0.1) is 25.4 Å². The standard InChI is InChI=1S/C19H28N4O3S2/c1-4-21(17-8-11-28(24,25)13-17)14-23-19(27)22(9-10-26-3)18(20-23)16-7-5-6-15(2)12-16/h5-7,12,17H,4,8-11,13-14H2,1-3H3/p+1/t17-/m0/s1. The number of aryl methyl sites for hydroxylation is 1. The first-order valence-electron chi connectivity index (χ1n) is 9.63. The summed E-state index contributed by atoms with van der Waals surface area (Å²) in [6, 6.07) is 8.30. The largest absolute Gasteiger partial charge is 0.383 e. The Bertz CT molecular complexity index is 981. The maximum absolute atomic E-state index is 11.9. The molecule has 1 fully saturated rings. The highest BCUT2D eigenvalue weighted by Crippen LogP contribution is 2.19. The number of ether oxygens (including phenoxy) is 1. The molecule has 0 radical (unpaired) electrons. The topological polar surface area (TPSA) is 70.6 Å². The quantitative estimate of drug-likeness (QED) is 0.641. The van der Waals surface area contributed by atoms with E-state index in [4.69, 9.17) is 22.1 Å². The Labute approximate surface area is 171 Å². The molecule has 2 heterocycles. The lowest BCUT2D eigenvalue weighted by molar-refractivity contribution is -0.943. The Morgan fingerprint density at radius 3 is 2.79 bits per heavy atom. The molecule has 2 atom stereocenters. The Kier molecular flexibility index (Phi) is 6.69. The first-order chi connectivity index (χ1) is 13.3. The summed E-state index contributed by atoms with van der Waals surface area (Å²) in [5.74, 6) is 1.35. The molecule has 7 nitrogen and oxygen atoms in total. The van der Waals surface area contributed by atoms with Gasteiger partial charge in [-0.1, -0.05) is 23.8 Å². The van der Waals surface area contributed by atoms with E-state index >= 15 is 0 Å². The smallest absolute Gasteiger partial charge is 0.203 e. The molecule has 2 aromatic rings. The van der Waals surface area contributed by atoms with Crippen molar-refractivity contribution in [2.24, 2.45) is 0 Å². The molecule has 0 bridgehead atoms. The zero-order valence-electron chi connectivity index (χ0n) is 16.7. The Morgan fingerprint density at radius 1 is 1.39 bits per heavy atom. The fourth-order valence-electron chi connectivity index (χ4n) is 3.76. The molecule has 0 amide bonds. The van der Waals surface area contributed by atoms with Gasteiger partial charge in [-0.15, -0.1) is 5.10 Å². The number of sulfone groups is 1. The summed E-state index contributed by atoms with van der Waals surface area (Å²) in [6.07, 6.45) is 0.702. The van der Waals surface area contributed by atoms with Crippen molar-refractivity contribution in [1.82, 2.24) is 14.3 Å². The van der Waals surface area contributed by atoms with Crippen LogP contribution in [0, 0.1) is 11.7 Å². The van der Waals surface area contributed by atoms with Crippen LogP contribution >= 0.6 is 12.2 Å². The number of quaternary nitrogens is 1. The van der Waals surface area contributed by atoms with Crippen LogP contribution in [0.15, 0.2) is 24.3 Å². The van der Waals surface area contributed by atoms with E-state index in [1.807, 2.05) is 21.4 Å². The second kappa shape index (κ2) is 8.86. The minimum absolute atomic E-state index is 0.100. The SMILES string of the molecule is CC[NH+](Cn1nc(-c2cccc(C)c2)n(CCOC)c1=S)[C@H]1CCS(=O)(=O)C1. The summed E-state index contributed by atoms with van der Waals surface area (Å²) in [7, 11) is -1.24. The van der Waals surface area contributed by atoms with Crippen LogP contribution in [-0.2, 0) is 27.8 Å². The van der Waals surface area contributed by atoms with Crippen LogP contribution in [0.1, 0.15) is 18.9 Å². The van der Waals surface area contributed by atoms with Crippen LogP contribution in [0.4, 0.5) is 0 Å². The summed E-state index contributed by atoms with van der Waals surface area (Å²) in [4.78, 5) is 1.20. The first-order valence-corrected chi connectivity index (χ1v) is 11.9. The molecule has 28 heavy (non-hydrogen) atoms. The van der Waals surface area contributed by atoms with Gasteiger partial charge < -0.3 is 9.64 Å². The molecule has 1 aliphatic heterocycles. The van der Waals surface area contributed by atoms with E-state index in [-0.39, 0.29) is 17.5 Å². The lowest BCUT2D eigenvalue weighted by Crippen LogP contribution is -3.15. The van der Waals surface area contributed by atoms with Crippen molar-refractivity contribution in [3.63, 3.8) is 0 Å². The van der Waals surface area contributed by atoms with E-state index in [1.54, 1.807) is 7.11 Å². The molecule has 1 aliphatic rings. The van der Waals surface area contributed by atoms with Gasteiger partial charge in [0.15, 0.2) is 22.3 Å². The van der Waals surface area contributed by atoms with Gasteiger partial charge in [0.1, 0.15) is 11.8 Å². The summed E-state index contributed by atoms with van der Waals surface area (Å²) in [5, 5.41) is 4.82. The monoisotopic (exact) mass is 425 g/mol. The average molecular weight is 426 g/mol. The third kappa shape index (κ3) is 4.71. The molecule has 1 aromatic heterocycles. The fourth-order valence-corrected chi connectivity index (χ4v) is 5.87. The van der Waals surface area contributed by atoms with Crippen molar-refractivity contribution in [3.05, 3.63) is 34.6 Å². The number of nitrogens with zero attached hydrogens (tertiary/aromatic N) is 3. The lowest BCUT2D eigenvalue weighted by atomic mass is 10.1. The van der Waals surface area contributed by atoms with E-state index in [9.17, 15) is 8.42 Å². The minimum atomic E-state index is -2.91. The third-order valence-electron chi connectivity index (χ3n) is 5.33. The van der Waals surface area contributed by atoms with E-state index in [0.717, 1.165) is 23.5 Å². The van der Waals surface area contributed by atoms with Gasteiger partial charge in [-0.25, -0.2) is 8.42 Å². The minimum Gasteiger partial charge on any atom is -0.383 e. The maximum Gasteiger partial charge on any atom is 0.203 e. The summed E-state index contributed by atoms with van der Waals surface area (Å²) in [5.41, 5.74) is 2.18. The fraction of sp³-hybridized carbons (Fsp3) is 0.579. The van der Waals surface area contributed by atoms with Crippen molar-refractivity contribution >= 4 is 22.1 Å². The number of aromatic nitrogens is 3. The van der Waals surface area contributed by atoms with Gasteiger partial charge in [0.25, 0.3) is 0 Å². The predicted octanol–water partition coefficient (Wildman–Crippen LogP) is 1.09. The van der Waals surface area contributed by atoms with Crippen LogP contribution < -0.4 is 4.90 Å². The van der Waals surface area contributed by atoms with Gasteiger partial charge in [-0.05, 0) is 32.1 Å². The molecule has 1 saturated heterocycles. The second-order valence-corrected chi connectivity index (χ2v) is 9.98. The van der Waals surface area contributed by atoms with E-state index in [1.165, 1.54) is 4.90 Å². The van der Waals surface area contributed by atoms with Crippen molar-refractivity contribution in [3.8, 4) is 11.4 Å². The summed E-state index contributed by atoms with van der Waals surface area (Å²) >= 11 is 5.72. The lowest BCUT2D eigenvalue weighted by Gasteiger charge is -2.23. The molecule has 154 valence electrons. The Hall–Kier alpha value is -1.55. The third-order valence-corrected chi connectivity index (χ3v) is 7.53. The van der Waals surface area contributed by atoms with Gasteiger partial charge in [0, 0.05) is 19.1 Å². The number of hydrogen-bond acceptors (Lipinski definition) is 5. The maximum atomic E-state index is 11.9. The number of rotatable bonds is 8. The van der Waals surface area contributed by atoms with Crippen LogP contribution in [0.2, 0.25) is 0 Å². The zero-order valence-corrected chi connectivity index (χ0v) is 18.4. The number of benzene rings is 1. The van der Waals surface area contributed by atoms with Crippen molar-refractivity contribution < 1.29 is 18.1 Å². The van der Waals surface area contributed by atoms with E-state index in [2.05, 4.69) is 26.0 Å². The van der Waals surface area contributed by atoms with E-state index < -0.39 is 9.84 Å². The number of nitrogens with one attached hydrogen (secondary N) is 1. The molecule has 3 rings (SSSR count). The molecule has 0 aliphatic carbocycles.